The highest BCUT2D eigenvalue weighted by molar-refractivity contribution is 6.32. The predicted octanol–water partition coefficient (Wildman–Crippen LogP) is 2.52. The number of halogens is 1. The summed E-state index contributed by atoms with van der Waals surface area (Å²) in [7, 11) is 4.81. The predicted molar refractivity (Wildman–Crippen MR) is 44.0 cm³/mol. The molecule has 59 valence electrons. The molecule has 1 aromatic rings. The van der Waals surface area contributed by atoms with Crippen LogP contribution in [0.3, 0.4) is 0 Å². The molecule has 1 aromatic carbocycles. The molecule has 0 heterocycles. The van der Waals surface area contributed by atoms with Gasteiger partial charge in [-0.05, 0) is 12.1 Å². The molecule has 1 rings (SSSR count). The fourth-order valence-corrected chi connectivity index (χ4v) is 1.01. The fraction of sp³-hybridized carbons (Fsp3) is 0.125. The van der Waals surface area contributed by atoms with Crippen LogP contribution in [-0.2, 0) is 0 Å². The van der Waals surface area contributed by atoms with Crippen molar-refractivity contribution in [1.29, 1.82) is 0 Å². The summed E-state index contributed by atoms with van der Waals surface area (Å²) in [6.07, 6.45) is 0. The molecule has 0 unspecified atom stereocenters. The van der Waals surface area contributed by atoms with Gasteiger partial charge in [-0.1, -0.05) is 17.7 Å². The lowest BCUT2D eigenvalue weighted by Crippen LogP contribution is -1.88. The molecule has 1 radical (unpaired) electrons. The molecule has 0 N–H and O–H groups in total. The minimum Gasteiger partial charge on any atom is -0.493 e. The van der Waals surface area contributed by atoms with Crippen molar-refractivity contribution in [3.05, 3.63) is 30.3 Å². The zero-order chi connectivity index (χ0) is 8.27. The van der Waals surface area contributed by atoms with Crippen LogP contribution < -0.4 is 9.47 Å². The van der Waals surface area contributed by atoms with Gasteiger partial charge in [-0.25, -0.2) is 0 Å². The van der Waals surface area contributed by atoms with E-state index in [4.69, 9.17) is 21.1 Å². The second-order valence-electron chi connectivity index (χ2n) is 1.92. The Kier molecular flexibility index (Phi) is 2.60. The molecule has 3 heteroatoms. The molecule has 0 aliphatic carbocycles. The van der Waals surface area contributed by atoms with Gasteiger partial charge >= 0.3 is 0 Å². The highest BCUT2D eigenvalue weighted by atomic mass is 35.5. The maximum absolute atomic E-state index is 5.76. The van der Waals surface area contributed by atoms with Gasteiger partial charge in [-0.2, -0.15) is 0 Å². The van der Waals surface area contributed by atoms with E-state index in [1.165, 1.54) is 0 Å². The third kappa shape index (κ3) is 1.57. The Morgan fingerprint density at radius 1 is 1.45 bits per heavy atom. The fourth-order valence-electron chi connectivity index (χ4n) is 0.790. The maximum Gasteiger partial charge on any atom is 0.179 e. The average molecular weight is 172 g/mol. The van der Waals surface area contributed by atoms with Crippen molar-refractivity contribution in [3.8, 4) is 11.5 Å². The van der Waals surface area contributed by atoms with Gasteiger partial charge in [-0.3, -0.25) is 0 Å². The number of methoxy groups -OCH3 is 1. The summed E-state index contributed by atoms with van der Waals surface area (Å²) in [6.45, 7) is 0. The van der Waals surface area contributed by atoms with Crippen molar-refractivity contribution < 1.29 is 9.47 Å². The van der Waals surface area contributed by atoms with Crippen LogP contribution in [0.2, 0.25) is 5.02 Å². The minimum absolute atomic E-state index is 0.469. The third-order valence-corrected chi connectivity index (χ3v) is 1.59. The number of ether oxygens (including phenoxy) is 2. The van der Waals surface area contributed by atoms with Crippen LogP contribution in [0.4, 0.5) is 0 Å². The topological polar surface area (TPSA) is 18.5 Å². The molecule has 0 saturated carbocycles. The van der Waals surface area contributed by atoms with E-state index in [2.05, 4.69) is 7.11 Å². The number of benzene rings is 1. The van der Waals surface area contributed by atoms with Gasteiger partial charge in [0.2, 0.25) is 0 Å². The van der Waals surface area contributed by atoms with Gasteiger partial charge in [-0.15, -0.1) is 0 Å². The Balaban J connectivity index is 3.13. The molecule has 0 spiro atoms. The highest BCUT2D eigenvalue weighted by Gasteiger charge is 2.05. The van der Waals surface area contributed by atoms with Crippen molar-refractivity contribution in [1.82, 2.24) is 0 Å². The minimum atomic E-state index is 0.469. The monoisotopic (exact) mass is 171 g/mol. The van der Waals surface area contributed by atoms with Crippen molar-refractivity contribution >= 4 is 11.6 Å². The quantitative estimate of drug-likeness (QED) is 0.681. The van der Waals surface area contributed by atoms with E-state index in [0.717, 1.165) is 0 Å². The molecule has 11 heavy (non-hydrogen) atoms. The van der Waals surface area contributed by atoms with Crippen LogP contribution >= 0.6 is 11.6 Å². The summed E-state index contributed by atoms with van der Waals surface area (Å²) in [5, 5.41) is 0.499. The van der Waals surface area contributed by atoms with Crippen molar-refractivity contribution in [2.45, 2.75) is 0 Å². The summed E-state index contributed by atoms with van der Waals surface area (Å²) in [5.74, 6) is 1.06. The smallest absolute Gasteiger partial charge is 0.179 e. The average Bonchev–Trinajstić information content (AvgIpc) is 2.04. The van der Waals surface area contributed by atoms with E-state index >= 15 is 0 Å². The Morgan fingerprint density at radius 2 is 2.18 bits per heavy atom. The molecule has 0 saturated heterocycles. The second-order valence-corrected chi connectivity index (χ2v) is 2.32. The largest absolute Gasteiger partial charge is 0.493 e. The van der Waals surface area contributed by atoms with Crippen LogP contribution in [0.1, 0.15) is 0 Å². The summed E-state index contributed by atoms with van der Waals surface area (Å²) in [4.78, 5) is 0. The first-order valence-electron chi connectivity index (χ1n) is 3.04. The molecule has 0 bridgehead atoms. The summed E-state index contributed by atoms with van der Waals surface area (Å²) in [6, 6.07) is 5.25. The van der Waals surface area contributed by atoms with Gasteiger partial charge in [0.1, 0.15) is 7.11 Å². The first-order valence-corrected chi connectivity index (χ1v) is 3.42. The van der Waals surface area contributed by atoms with Crippen LogP contribution in [0.15, 0.2) is 18.2 Å². The molecule has 0 atom stereocenters. The molecule has 0 amide bonds. The lowest BCUT2D eigenvalue weighted by atomic mass is 10.3. The zero-order valence-corrected chi connectivity index (χ0v) is 6.89. The summed E-state index contributed by atoms with van der Waals surface area (Å²) in [5.41, 5.74) is 0. The van der Waals surface area contributed by atoms with E-state index in [0.29, 0.717) is 16.5 Å². The lowest BCUT2D eigenvalue weighted by Gasteiger charge is -2.07. The van der Waals surface area contributed by atoms with Crippen LogP contribution in [0.5, 0.6) is 11.5 Å². The summed E-state index contributed by atoms with van der Waals surface area (Å²) < 4.78 is 9.73. The van der Waals surface area contributed by atoms with Gasteiger partial charge in [0.05, 0.1) is 12.1 Å². The Morgan fingerprint density at radius 3 is 2.64 bits per heavy atom. The van der Waals surface area contributed by atoms with E-state index in [1.807, 2.05) is 0 Å². The van der Waals surface area contributed by atoms with Gasteiger partial charge in [0, 0.05) is 0 Å². The number of rotatable bonds is 2. The molecule has 0 aliphatic heterocycles. The Hall–Kier alpha value is -0.890. The van der Waals surface area contributed by atoms with Gasteiger partial charge in [0.15, 0.2) is 11.5 Å². The van der Waals surface area contributed by atoms with E-state index < -0.39 is 0 Å². The van der Waals surface area contributed by atoms with Crippen LogP contribution in [-0.4, -0.2) is 7.11 Å². The number of hydrogen-bond donors (Lipinski definition) is 0. The Labute approximate surface area is 70.7 Å². The number of hydrogen-bond acceptors (Lipinski definition) is 2. The van der Waals surface area contributed by atoms with Crippen LogP contribution in [0.25, 0.3) is 0 Å². The Bertz CT molecular complexity index is 248. The zero-order valence-electron chi connectivity index (χ0n) is 6.13. The third-order valence-electron chi connectivity index (χ3n) is 1.30. The molecular formula is C8H8ClO2. The lowest BCUT2D eigenvalue weighted by molar-refractivity contribution is 0.376. The summed E-state index contributed by atoms with van der Waals surface area (Å²) >= 11 is 5.76. The molecular weight excluding hydrogens is 164 g/mol. The normalized spacial score (nSPS) is 9.36. The van der Waals surface area contributed by atoms with Crippen molar-refractivity contribution in [2.75, 3.05) is 7.11 Å². The first-order chi connectivity index (χ1) is 5.29. The molecule has 0 aromatic heterocycles. The SMILES string of the molecule is [CH2]Oc1c(Cl)cccc1OC. The standard InChI is InChI=1S/C8H8ClO2/c1-10-7-5-3-4-6(9)8(7)11-2/h3-5H,2H2,1H3. The van der Waals surface area contributed by atoms with Gasteiger partial charge < -0.3 is 9.47 Å². The van der Waals surface area contributed by atoms with E-state index in [1.54, 1.807) is 25.3 Å². The maximum atomic E-state index is 5.76. The van der Waals surface area contributed by atoms with Crippen molar-refractivity contribution in [2.24, 2.45) is 0 Å². The van der Waals surface area contributed by atoms with Gasteiger partial charge in [0.25, 0.3) is 0 Å². The molecule has 0 fully saturated rings. The van der Waals surface area contributed by atoms with Crippen LogP contribution in [0, 0.1) is 7.11 Å². The van der Waals surface area contributed by atoms with E-state index in [-0.39, 0.29) is 0 Å². The second kappa shape index (κ2) is 3.49. The molecule has 2 nitrogen and oxygen atoms in total. The highest BCUT2D eigenvalue weighted by Crippen LogP contribution is 2.33. The number of para-hydroxylation sites is 1. The first kappa shape index (κ1) is 8.21. The molecule has 0 aliphatic rings. The van der Waals surface area contributed by atoms with Crippen molar-refractivity contribution in [3.63, 3.8) is 0 Å². The van der Waals surface area contributed by atoms with E-state index in [9.17, 15) is 0 Å².